The molecule has 1 aromatic carbocycles. The summed E-state index contributed by atoms with van der Waals surface area (Å²) < 4.78 is 7.13. The normalized spacial score (nSPS) is 16.5. The van der Waals surface area contributed by atoms with Gasteiger partial charge in [-0.1, -0.05) is 13.8 Å². The largest absolute Gasteiger partial charge is 0.379 e. The molecular formula is C21H30N4O3. The molecular weight excluding hydrogens is 356 g/mol. The highest BCUT2D eigenvalue weighted by Crippen LogP contribution is 2.15. The molecule has 1 saturated heterocycles. The number of morpholine rings is 1. The van der Waals surface area contributed by atoms with Crippen LogP contribution in [0, 0.1) is 12.8 Å². The highest BCUT2D eigenvalue weighted by molar-refractivity contribution is 5.97. The molecule has 0 bridgehead atoms. The summed E-state index contributed by atoms with van der Waals surface area (Å²) in [5.74, 6) is 0.313. The van der Waals surface area contributed by atoms with E-state index in [-0.39, 0.29) is 17.5 Å². The standard InChI is InChI=1S/C21H30N4O3/c1-5-25-18-7-6-16(12-17(18)23-15(4)21(25)27)20(26)22-13-19(14(2)3)24-8-10-28-11-9-24/h6-7,12,14,19H,5,8-11,13H2,1-4H3,(H,22,26). The third-order valence-electron chi connectivity index (χ3n) is 5.44. The number of aryl methyl sites for hydroxylation is 2. The van der Waals surface area contributed by atoms with Crippen LogP contribution in [0.1, 0.15) is 36.8 Å². The number of carbonyl (C=O) groups is 1. The number of nitrogens with zero attached hydrogens (tertiary/aromatic N) is 3. The van der Waals surface area contributed by atoms with E-state index in [0.29, 0.717) is 35.8 Å². The average molecular weight is 386 g/mol. The molecule has 1 aromatic heterocycles. The summed E-state index contributed by atoms with van der Waals surface area (Å²) >= 11 is 0. The Morgan fingerprint density at radius 2 is 2.00 bits per heavy atom. The van der Waals surface area contributed by atoms with Gasteiger partial charge in [0, 0.05) is 37.8 Å². The van der Waals surface area contributed by atoms with Crippen molar-refractivity contribution in [3.63, 3.8) is 0 Å². The van der Waals surface area contributed by atoms with E-state index in [9.17, 15) is 9.59 Å². The van der Waals surface area contributed by atoms with Crippen LogP contribution in [0.2, 0.25) is 0 Å². The van der Waals surface area contributed by atoms with E-state index in [1.54, 1.807) is 23.6 Å². The lowest BCUT2D eigenvalue weighted by Gasteiger charge is -2.36. The van der Waals surface area contributed by atoms with Gasteiger partial charge < -0.3 is 14.6 Å². The lowest BCUT2D eigenvalue weighted by atomic mass is 10.0. The molecule has 0 spiro atoms. The molecule has 1 amide bonds. The van der Waals surface area contributed by atoms with Gasteiger partial charge in [0.05, 0.1) is 24.2 Å². The Morgan fingerprint density at radius 3 is 2.64 bits per heavy atom. The lowest BCUT2D eigenvalue weighted by molar-refractivity contribution is 0.00673. The zero-order valence-electron chi connectivity index (χ0n) is 17.2. The van der Waals surface area contributed by atoms with Crippen LogP contribution in [0.3, 0.4) is 0 Å². The molecule has 0 aliphatic carbocycles. The summed E-state index contributed by atoms with van der Waals surface area (Å²) in [5.41, 5.74) is 2.34. The Labute approximate surface area is 165 Å². The molecule has 0 saturated carbocycles. The fourth-order valence-corrected chi connectivity index (χ4v) is 3.82. The molecule has 2 aromatic rings. The second-order valence-corrected chi connectivity index (χ2v) is 7.62. The molecule has 3 rings (SSSR count). The zero-order valence-corrected chi connectivity index (χ0v) is 17.2. The quantitative estimate of drug-likeness (QED) is 0.819. The van der Waals surface area contributed by atoms with Crippen LogP contribution in [-0.4, -0.2) is 59.2 Å². The Balaban J connectivity index is 1.77. The first kappa shape index (κ1) is 20.5. The third-order valence-corrected chi connectivity index (χ3v) is 5.44. The molecule has 28 heavy (non-hydrogen) atoms. The van der Waals surface area contributed by atoms with Crippen molar-refractivity contribution in [3.8, 4) is 0 Å². The number of carbonyl (C=O) groups excluding carboxylic acids is 1. The van der Waals surface area contributed by atoms with Gasteiger partial charge in [-0.2, -0.15) is 0 Å². The SMILES string of the molecule is CCn1c(=O)c(C)nc2cc(C(=O)NCC(C(C)C)N3CCOCC3)ccc21. The minimum absolute atomic E-state index is 0.0857. The Kier molecular flexibility index (Phi) is 6.46. The number of nitrogens with one attached hydrogen (secondary N) is 1. The van der Waals surface area contributed by atoms with Gasteiger partial charge in [0.1, 0.15) is 5.69 Å². The van der Waals surface area contributed by atoms with E-state index in [1.807, 2.05) is 13.0 Å². The fourth-order valence-electron chi connectivity index (χ4n) is 3.82. The van der Waals surface area contributed by atoms with E-state index in [0.717, 1.165) is 31.8 Å². The topological polar surface area (TPSA) is 76.5 Å². The number of amides is 1. The van der Waals surface area contributed by atoms with Crippen molar-refractivity contribution in [1.29, 1.82) is 0 Å². The van der Waals surface area contributed by atoms with Crippen molar-refractivity contribution < 1.29 is 9.53 Å². The number of hydrogen-bond donors (Lipinski definition) is 1. The van der Waals surface area contributed by atoms with Crippen molar-refractivity contribution in [3.05, 3.63) is 39.8 Å². The van der Waals surface area contributed by atoms with Crippen molar-refractivity contribution in [2.45, 2.75) is 40.3 Å². The molecule has 0 radical (unpaired) electrons. The van der Waals surface area contributed by atoms with Gasteiger partial charge in [0.15, 0.2) is 0 Å². The zero-order chi connectivity index (χ0) is 20.3. The van der Waals surface area contributed by atoms with Crippen LogP contribution in [0.4, 0.5) is 0 Å². The maximum Gasteiger partial charge on any atom is 0.272 e. The summed E-state index contributed by atoms with van der Waals surface area (Å²) in [5, 5.41) is 3.08. The fraction of sp³-hybridized carbons (Fsp3) is 0.571. The van der Waals surface area contributed by atoms with Gasteiger partial charge in [0.2, 0.25) is 0 Å². The molecule has 1 aliphatic heterocycles. The van der Waals surface area contributed by atoms with E-state index in [1.165, 1.54) is 0 Å². The van der Waals surface area contributed by atoms with Crippen molar-refractivity contribution >= 4 is 16.9 Å². The number of aromatic nitrogens is 2. The van der Waals surface area contributed by atoms with Gasteiger partial charge in [-0.25, -0.2) is 4.98 Å². The molecule has 7 heteroatoms. The second kappa shape index (κ2) is 8.84. The maximum absolute atomic E-state index is 12.8. The maximum atomic E-state index is 12.8. The minimum Gasteiger partial charge on any atom is -0.379 e. The average Bonchev–Trinajstić information content (AvgIpc) is 2.69. The summed E-state index contributed by atoms with van der Waals surface area (Å²) in [7, 11) is 0. The first-order valence-electron chi connectivity index (χ1n) is 10.0. The predicted molar refractivity (Wildman–Crippen MR) is 110 cm³/mol. The van der Waals surface area contributed by atoms with E-state index in [2.05, 4.69) is 29.0 Å². The Hall–Kier alpha value is -2.25. The van der Waals surface area contributed by atoms with E-state index >= 15 is 0 Å². The van der Waals surface area contributed by atoms with Crippen molar-refractivity contribution in [1.82, 2.24) is 19.8 Å². The Bertz CT molecular complexity index is 900. The van der Waals surface area contributed by atoms with Crippen molar-refractivity contribution in [2.24, 2.45) is 5.92 Å². The first-order chi connectivity index (χ1) is 13.4. The second-order valence-electron chi connectivity index (χ2n) is 7.62. The number of hydrogen-bond acceptors (Lipinski definition) is 5. The molecule has 1 aliphatic rings. The molecule has 1 atom stereocenters. The van der Waals surface area contributed by atoms with Gasteiger partial charge in [-0.3, -0.25) is 14.5 Å². The van der Waals surface area contributed by atoms with Crippen LogP contribution in [0.25, 0.3) is 11.0 Å². The van der Waals surface area contributed by atoms with Gasteiger partial charge >= 0.3 is 0 Å². The third kappa shape index (κ3) is 4.25. The number of ether oxygens (including phenoxy) is 1. The van der Waals surface area contributed by atoms with Gasteiger partial charge in [0.25, 0.3) is 11.5 Å². The molecule has 7 nitrogen and oxygen atoms in total. The summed E-state index contributed by atoms with van der Waals surface area (Å²) in [4.78, 5) is 31.8. The molecule has 2 heterocycles. The smallest absolute Gasteiger partial charge is 0.272 e. The van der Waals surface area contributed by atoms with Crippen LogP contribution in [0.15, 0.2) is 23.0 Å². The number of rotatable bonds is 6. The van der Waals surface area contributed by atoms with Crippen LogP contribution < -0.4 is 10.9 Å². The van der Waals surface area contributed by atoms with Crippen LogP contribution in [0.5, 0.6) is 0 Å². The molecule has 1 N–H and O–H groups in total. The predicted octanol–water partition coefficient (Wildman–Crippen LogP) is 1.81. The highest BCUT2D eigenvalue weighted by Gasteiger charge is 2.24. The molecule has 1 fully saturated rings. The summed E-state index contributed by atoms with van der Waals surface area (Å²) in [6.45, 7) is 12.4. The highest BCUT2D eigenvalue weighted by atomic mass is 16.5. The summed E-state index contributed by atoms with van der Waals surface area (Å²) in [6, 6.07) is 5.62. The van der Waals surface area contributed by atoms with Gasteiger partial charge in [-0.05, 0) is 38.0 Å². The van der Waals surface area contributed by atoms with E-state index in [4.69, 9.17) is 4.74 Å². The first-order valence-corrected chi connectivity index (χ1v) is 10.0. The molecule has 1 unspecified atom stereocenters. The monoisotopic (exact) mass is 386 g/mol. The van der Waals surface area contributed by atoms with Gasteiger partial charge in [-0.15, -0.1) is 0 Å². The minimum atomic E-state index is -0.116. The lowest BCUT2D eigenvalue weighted by Crippen LogP contribution is -2.51. The van der Waals surface area contributed by atoms with Crippen LogP contribution in [-0.2, 0) is 11.3 Å². The number of benzene rings is 1. The molecule has 152 valence electrons. The van der Waals surface area contributed by atoms with E-state index < -0.39 is 0 Å². The van der Waals surface area contributed by atoms with Crippen LogP contribution >= 0.6 is 0 Å². The Morgan fingerprint density at radius 1 is 1.29 bits per heavy atom. The number of fused-ring (bicyclic) bond motifs is 1. The summed E-state index contributed by atoms with van der Waals surface area (Å²) in [6.07, 6.45) is 0. The van der Waals surface area contributed by atoms with Crippen molar-refractivity contribution in [2.75, 3.05) is 32.8 Å².